The van der Waals surface area contributed by atoms with Gasteiger partial charge in [0.1, 0.15) is 5.75 Å². The standard InChI is InChI=1S/C27H26N4O2S/c1-3-4-18-30-23-12-8-9-13-24(23)31(28-19-20-14-16-22(33-2)17-15-20)27(30)26(34)29-25(32)21-10-6-5-7-11-21/h5-17,19H,3-4,18H2,1-2H3/b28-19+. The van der Waals surface area contributed by atoms with Crippen molar-refractivity contribution in [2.45, 2.75) is 26.3 Å². The summed E-state index contributed by atoms with van der Waals surface area (Å²) in [5.74, 6) is 1.02. The molecule has 3 aromatic carbocycles. The van der Waals surface area contributed by atoms with Gasteiger partial charge in [-0.15, -0.1) is 0 Å². The molecule has 1 heterocycles. The second-order valence-corrected chi connectivity index (χ2v) is 8.12. The van der Waals surface area contributed by atoms with Gasteiger partial charge in [-0.2, -0.15) is 0 Å². The number of imidazole rings is 1. The number of unbranched alkanes of at least 4 members (excludes halogenated alkanes) is 1. The lowest BCUT2D eigenvalue weighted by Crippen LogP contribution is -2.40. The summed E-state index contributed by atoms with van der Waals surface area (Å²) in [6.45, 7) is 2.88. The lowest BCUT2D eigenvalue weighted by atomic mass is 10.2. The van der Waals surface area contributed by atoms with Crippen LogP contribution in [0.3, 0.4) is 0 Å². The molecule has 34 heavy (non-hydrogen) atoms. The van der Waals surface area contributed by atoms with Gasteiger partial charge in [-0.05, 0) is 60.5 Å². The predicted molar refractivity (Wildman–Crippen MR) is 138 cm³/mol. The Morgan fingerprint density at radius 3 is 2.44 bits per heavy atom. The van der Waals surface area contributed by atoms with Gasteiger partial charge in [0.25, 0.3) is 5.91 Å². The molecule has 172 valence electrons. The molecular formula is C27H26N4O2S. The van der Waals surface area contributed by atoms with Crippen LogP contribution in [0.25, 0.3) is 11.0 Å². The molecule has 0 unspecified atom stereocenters. The second kappa shape index (κ2) is 10.9. The number of aliphatic imine (C=N–C) groups is 1. The summed E-state index contributed by atoms with van der Waals surface area (Å²) in [7, 11) is 1.64. The third kappa shape index (κ3) is 5.05. The van der Waals surface area contributed by atoms with Gasteiger partial charge in [-0.25, -0.2) is 9.56 Å². The Hall–Kier alpha value is -3.84. The van der Waals surface area contributed by atoms with Crippen LogP contribution in [0.5, 0.6) is 5.75 Å². The molecule has 0 radical (unpaired) electrons. The number of nitrogens with zero attached hydrogens (tertiary/aromatic N) is 4. The lowest BCUT2D eigenvalue weighted by molar-refractivity contribution is -0.673. The van der Waals surface area contributed by atoms with Crippen LogP contribution < -0.4 is 9.30 Å². The molecule has 6 nitrogen and oxygen atoms in total. The number of carbonyl (C=O) groups excluding carboxylic acids is 1. The first-order valence-electron chi connectivity index (χ1n) is 11.2. The number of benzene rings is 3. The molecular weight excluding hydrogens is 444 g/mol. The van der Waals surface area contributed by atoms with Crippen molar-refractivity contribution in [2.24, 2.45) is 10.1 Å². The highest BCUT2D eigenvalue weighted by Crippen LogP contribution is 2.17. The van der Waals surface area contributed by atoms with E-state index in [1.807, 2.05) is 66.7 Å². The zero-order chi connectivity index (χ0) is 23.9. The van der Waals surface area contributed by atoms with E-state index in [4.69, 9.17) is 22.5 Å². The molecule has 0 bridgehead atoms. The number of hydrogen-bond acceptors (Lipinski definition) is 4. The Morgan fingerprint density at radius 1 is 1.03 bits per heavy atom. The Morgan fingerprint density at radius 2 is 1.74 bits per heavy atom. The number of ether oxygens (including phenoxy) is 1. The van der Waals surface area contributed by atoms with Crippen LogP contribution in [0.1, 0.15) is 41.5 Å². The van der Waals surface area contributed by atoms with Gasteiger partial charge in [0, 0.05) is 10.6 Å². The minimum atomic E-state index is -0.372. The lowest BCUT2D eigenvalue weighted by Gasteiger charge is -2.09. The van der Waals surface area contributed by atoms with Crippen molar-refractivity contribution in [2.75, 3.05) is 7.11 Å². The van der Waals surface area contributed by atoms with Crippen LogP contribution in [-0.2, 0) is 19.2 Å². The average molecular weight is 471 g/mol. The Bertz CT molecular complexity index is 1340. The fourth-order valence-corrected chi connectivity index (χ4v) is 3.96. The third-order valence-electron chi connectivity index (χ3n) is 5.45. The molecule has 0 aliphatic heterocycles. The fraction of sp³-hybridized carbons (Fsp3) is 0.185. The van der Waals surface area contributed by atoms with Crippen molar-refractivity contribution in [3.8, 4) is 5.75 Å². The van der Waals surface area contributed by atoms with E-state index in [2.05, 4.69) is 16.5 Å². The number of aryl methyl sites for hydroxylation is 1. The maximum atomic E-state index is 12.8. The number of aromatic nitrogens is 2. The fourth-order valence-electron chi connectivity index (χ4n) is 3.68. The maximum Gasteiger partial charge on any atom is 0.307 e. The van der Waals surface area contributed by atoms with Gasteiger partial charge >= 0.3 is 5.82 Å². The minimum absolute atomic E-state index is 0.202. The molecule has 0 saturated heterocycles. The molecule has 7 heteroatoms. The van der Waals surface area contributed by atoms with Crippen molar-refractivity contribution < 1.29 is 14.1 Å². The van der Waals surface area contributed by atoms with E-state index in [0.29, 0.717) is 11.4 Å². The number of fused-ring (bicyclic) bond motifs is 1. The monoisotopic (exact) mass is 470 g/mol. The number of hydrogen-bond donors (Lipinski definition) is 0. The molecule has 1 aromatic heterocycles. The topological polar surface area (TPSA) is 59.8 Å². The predicted octanol–water partition coefficient (Wildman–Crippen LogP) is 4.75. The summed E-state index contributed by atoms with van der Waals surface area (Å²) in [5.41, 5.74) is 3.29. The van der Waals surface area contributed by atoms with Crippen LogP contribution in [0.15, 0.2) is 89.0 Å². The molecule has 0 N–H and O–H groups in total. The molecule has 4 rings (SSSR count). The third-order valence-corrected chi connectivity index (χ3v) is 5.72. The summed E-state index contributed by atoms with van der Waals surface area (Å²) < 4.78 is 9.12. The first kappa shape index (κ1) is 23.3. The summed E-state index contributed by atoms with van der Waals surface area (Å²) in [6.07, 6.45) is 3.75. The van der Waals surface area contributed by atoms with Crippen LogP contribution in [-0.4, -0.2) is 29.0 Å². The first-order valence-corrected chi connectivity index (χ1v) is 11.6. The molecule has 0 atom stereocenters. The van der Waals surface area contributed by atoms with E-state index in [1.54, 1.807) is 30.1 Å². The highest BCUT2D eigenvalue weighted by Gasteiger charge is 2.25. The normalized spacial score (nSPS) is 11.9. The molecule has 0 saturated carbocycles. The van der Waals surface area contributed by atoms with Crippen molar-refractivity contribution in [1.82, 2.24) is 4.68 Å². The Balaban J connectivity index is 1.84. The van der Waals surface area contributed by atoms with Gasteiger partial charge in [0.15, 0.2) is 5.52 Å². The SMILES string of the molecule is CCCC[n+]1c(C([S-])=NC(=O)c2ccccc2)n(/N=C/c2ccc(OC)cc2)c2ccccc21. The molecule has 1 amide bonds. The Kier molecular flexibility index (Phi) is 7.44. The number of rotatable bonds is 8. The van der Waals surface area contributed by atoms with E-state index in [-0.39, 0.29) is 11.0 Å². The number of carbonyl (C=O) groups is 1. The largest absolute Gasteiger partial charge is 0.752 e. The van der Waals surface area contributed by atoms with E-state index in [1.165, 1.54) is 0 Å². The first-order chi connectivity index (χ1) is 16.6. The number of amides is 1. The minimum Gasteiger partial charge on any atom is -0.752 e. The van der Waals surface area contributed by atoms with Gasteiger partial charge < -0.3 is 17.4 Å². The van der Waals surface area contributed by atoms with Crippen LogP contribution in [0, 0.1) is 0 Å². The van der Waals surface area contributed by atoms with Crippen LogP contribution >= 0.6 is 0 Å². The smallest absolute Gasteiger partial charge is 0.307 e. The van der Waals surface area contributed by atoms with Crippen LogP contribution in [0.2, 0.25) is 0 Å². The zero-order valence-electron chi connectivity index (χ0n) is 19.2. The van der Waals surface area contributed by atoms with Gasteiger partial charge in [-0.3, -0.25) is 4.79 Å². The molecule has 0 aliphatic carbocycles. The zero-order valence-corrected chi connectivity index (χ0v) is 20.0. The number of methoxy groups -OCH3 is 1. The second-order valence-electron chi connectivity index (χ2n) is 7.74. The summed E-state index contributed by atoms with van der Waals surface area (Å²) >= 11 is 5.71. The van der Waals surface area contributed by atoms with Crippen LogP contribution in [0.4, 0.5) is 0 Å². The van der Waals surface area contributed by atoms with Gasteiger partial charge in [0.2, 0.25) is 5.52 Å². The highest BCUT2D eigenvalue weighted by molar-refractivity contribution is 7.78. The molecule has 0 aliphatic rings. The van der Waals surface area contributed by atoms with Crippen molar-refractivity contribution in [3.63, 3.8) is 0 Å². The molecule has 0 fully saturated rings. The number of para-hydroxylation sites is 2. The molecule has 4 aromatic rings. The summed E-state index contributed by atoms with van der Waals surface area (Å²) in [6, 6.07) is 24.6. The summed E-state index contributed by atoms with van der Waals surface area (Å²) in [4.78, 5) is 17.1. The average Bonchev–Trinajstić information content (AvgIpc) is 3.20. The van der Waals surface area contributed by atoms with E-state index in [9.17, 15) is 4.79 Å². The molecule has 0 spiro atoms. The van der Waals surface area contributed by atoms with Crippen molar-refractivity contribution >= 4 is 40.8 Å². The van der Waals surface area contributed by atoms with Gasteiger partial charge in [0.05, 0.1) is 19.9 Å². The quantitative estimate of drug-likeness (QED) is 0.162. The van der Waals surface area contributed by atoms with E-state index in [0.717, 1.165) is 41.7 Å². The van der Waals surface area contributed by atoms with Crippen molar-refractivity contribution in [3.05, 3.63) is 95.8 Å². The summed E-state index contributed by atoms with van der Waals surface area (Å²) in [5, 5.41) is 4.96. The Labute approximate surface area is 204 Å². The van der Waals surface area contributed by atoms with E-state index < -0.39 is 0 Å². The van der Waals surface area contributed by atoms with Gasteiger partial charge in [-0.1, -0.05) is 53.5 Å². The highest BCUT2D eigenvalue weighted by atomic mass is 32.1. The maximum absolute atomic E-state index is 12.8. The van der Waals surface area contributed by atoms with Crippen molar-refractivity contribution in [1.29, 1.82) is 0 Å². The van der Waals surface area contributed by atoms with E-state index >= 15 is 0 Å².